The molecule has 0 atom stereocenters. The first-order valence-electron chi connectivity index (χ1n) is 17.9. The van der Waals surface area contributed by atoms with Crippen molar-refractivity contribution in [1.29, 1.82) is 0 Å². The molecule has 0 amide bonds. The van der Waals surface area contributed by atoms with Crippen molar-refractivity contribution in [3.8, 4) is 39.1 Å². The van der Waals surface area contributed by atoms with Crippen molar-refractivity contribution < 1.29 is 0 Å². The maximum Gasteiger partial charge on any atom is 0.0569 e. The minimum atomic E-state index is 1.10. The van der Waals surface area contributed by atoms with E-state index in [2.05, 4.69) is 217 Å². The number of nitrogens with zero attached hydrogens (tertiary/aromatic N) is 2. The number of rotatable bonds is 7. The van der Waals surface area contributed by atoms with Crippen LogP contribution >= 0.6 is 0 Å². The van der Waals surface area contributed by atoms with Crippen molar-refractivity contribution in [3.05, 3.63) is 205 Å². The predicted octanol–water partition coefficient (Wildman–Crippen LogP) is 13.9. The van der Waals surface area contributed by atoms with Crippen molar-refractivity contribution in [1.82, 2.24) is 4.57 Å². The number of aryl methyl sites for hydroxylation is 2. The second-order valence-corrected chi connectivity index (χ2v) is 13.5. The predicted molar refractivity (Wildman–Crippen MR) is 221 cm³/mol. The van der Waals surface area contributed by atoms with Crippen molar-refractivity contribution in [3.63, 3.8) is 0 Å². The average Bonchev–Trinajstić information content (AvgIpc) is 3.54. The van der Waals surface area contributed by atoms with Crippen LogP contribution in [0.3, 0.4) is 0 Å². The Hall–Kier alpha value is -6.64. The third-order valence-corrected chi connectivity index (χ3v) is 10.2. The molecule has 0 radical (unpaired) electrons. The summed E-state index contributed by atoms with van der Waals surface area (Å²) in [6.07, 6.45) is 0. The molecule has 0 fully saturated rings. The number of hydrogen-bond donors (Lipinski definition) is 0. The molecule has 8 aromatic carbocycles. The van der Waals surface area contributed by atoms with Gasteiger partial charge in [0.15, 0.2) is 0 Å². The van der Waals surface area contributed by atoms with Crippen LogP contribution in [0.4, 0.5) is 17.1 Å². The average molecular weight is 667 g/mol. The van der Waals surface area contributed by atoms with E-state index < -0.39 is 0 Å². The van der Waals surface area contributed by atoms with Gasteiger partial charge >= 0.3 is 0 Å². The van der Waals surface area contributed by atoms with Gasteiger partial charge in [-0.15, -0.1) is 0 Å². The van der Waals surface area contributed by atoms with Crippen LogP contribution < -0.4 is 4.90 Å². The Morgan fingerprint density at radius 2 is 0.885 bits per heavy atom. The van der Waals surface area contributed by atoms with E-state index in [9.17, 15) is 0 Å². The molecule has 0 spiro atoms. The van der Waals surface area contributed by atoms with Crippen LogP contribution in [0, 0.1) is 13.8 Å². The van der Waals surface area contributed by atoms with Gasteiger partial charge < -0.3 is 9.47 Å². The molecular formula is C50H38N2. The Morgan fingerprint density at radius 3 is 1.50 bits per heavy atom. The Morgan fingerprint density at radius 1 is 0.385 bits per heavy atom. The summed E-state index contributed by atoms with van der Waals surface area (Å²) in [5.74, 6) is 0. The largest absolute Gasteiger partial charge is 0.310 e. The maximum absolute atomic E-state index is 2.48. The number of benzene rings is 8. The van der Waals surface area contributed by atoms with Crippen LogP contribution in [0.5, 0.6) is 0 Å². The molecule has 52 heavy (non-hydrogen) atoms. The first kappa shape index (κ1) is 31.3. The fourth-order valence-electron chi connectivity index (χ4n) is 7.64. The summed E-state index contributed by atoms with van der Waals surface area (Å²) in [6.45, 7) is 4.37. The lowest BCUT2D eigenvalue weighted by Gasteiger charge is -2.27. The second kappa shape index (κ2) is 13.2. The van der Waals surface area contributed by atoms with E-state index in [4.69, 9.17) is 0 Å². The van der Waals surface area contributed by atoms with Crippen LogP contribution in [0.25, 0.3) is 60.9 Å². The van der Waals surface area contributed by atoms with Crippen molar-refractivity contribution >= 4 is 38.9 Å². The number of anilines is 3. The lowest BCUT2D eigenvalue weighted by Crippen LogP contribution is -2.10. The molecule has 0 aliphatic heterocycles. The van der Waals surface area contributed by atoms with Crippen molar-refractivity contribution in [2.24, 2.45) is 0 Å². The molecule has 1 aromatic heterocycles. The number of para-hydroxylation sites is 2. The molecule has 0 aliphatic carbocycles. The first-order chi connectivity index (χ1) is 25.6. The van der Waals surface area contributed by atoms with Gasteiger partial charge in [0, 0.05) is 27.7 Å². The molecule has 0 bridgehead atoms. The SMILES string of the molecule is Cc1ccc(-c2cccc(C)c2-n2c3ccccc3c3c(N(c4ccc(-c5ccccc5)cc4)c4ccc(-c5ccccc5)cc4)cccc32)cc1. The third-order valence-electron chi connectivity index (χ3n) is 10.2. The summed E-state index contributed by atoms with van der Waals surface area (Å²) in [5, 5.41) is 2.44. The zero-order valence-corrected chi connectivity index (χ0v) is 29.4. The molecule has 1 heterocycles. The van der Waals surface area contributed by atoms with Crippen LogP contribution in [0.15, 0.2) is 194 Å². The monoisotopic (exact) mass is 666 g/mol. The van der Waals surface area contributed by atoms with E-state index in [0.717, 1.165) is 17.1 Å². The fraction of sp³-hybridized carbons (Fsp3) is 0.0400. The summed E-state index contributed by atoms with van der Waals surface area (Å²) in [7, 11) is 0. The van der Waals surface area contributed by atoms with E-state index in [1.807, 2.05) is 0 Å². The Kier molecular flexibility index (Phi) is 7.98. The van der Waals surface area contributed by atoms with Gasteiger partial charge in [0.25, 0.3) is 0 Å². The first-order valence-corrected chi connectivity index (χ1v) is 17.9. The standard InChI is InChI=1S/C50H38N2/c1-35-23-25-41(26-24-35)44-19-11-13-36(2)50(44)52-46-20-10-9-18-45(46)49-47(21-12-22-48(49)52)51(42-31-27-39(28-32-42)37-14-5-3-6-15-37)43-33-29-40(30-34-43)38-16-7-4-8-17-38/h3-34H,1-2H3. The molecule has 0 aliphatic rings. The van der Waals surface area contributed by atoms with Crippen molar-refractivity contribution in [2.75, 3.05) is 4.90 Å². The highest BCUT2D eigenvalue weighted by atomic mass is 15.1. The van der Waals surface area contributed by atoms with E-state index in [-0.39, 0.29) is 0 Å². The van der Waals surface area contributed by atoms with Gasteiger partial charge in [-0.25, -0.2) is 0 Å². The zero-order valence-electron chi connectivity index (χ0n) is 29.4. The van der Waals surface area contributed by atoms with Crippen LogP contribution in [0.2, 0.25) is 0 Å². The van der Waals surface area contributed by atoms with Crippen LogP contribution in [0.1, 0.15) is 11.1 Å². The Balaban J connectivity index is 1.28. The van der Waals surface area contributed by atoms with E-state index in [1.54, 1.807) is 0 Å². The van der Waals surface area contributed by atoms with Gasteiger partial charge in [-0.1, -0.05) is 157 Å². The minimum Gasteiger partial charge on any atom is -0.310 e. The normalized spacial score (nSPS) is 11.3. The molecule has 9 aromatic rings. The quantitative estimate of drug-likeness (QED) is 0.164. The number of aromatic nitrogens is 1. The van der Waals surface area contributed by atoms with Crippen molar-refractivity contribution in [2.45, 2.75) is 13.8 Å². The molecule has 0 saturated heterocycles. The summed E-state index contributed by atoms with van der Waals surface area (Å²) >= 11 is 0. The maximum atomic E-state index is 2.48. The highest BCUT2D eigenvalue weighted by Gasteiger charge is 2.23. The lowest BCUT2D eigenvalue weighted by molar-refractivity contribution is 1.15. The molecule has 0 N–H and O–H groups in total. The van der Waals surface area contributed by atoms with Crippen LogP contribution in [-0.2, 0) is 0 Å². The molecule has 0 unspecified atom stereocenters. The topological polar surface area (TPSA) is 8.17 Å². The number of fused-ring (bicyclic) bond motifs is 3. The minimum absolute atomic E-state index is 1.10. The van der Waals surface area contributed by atoms with E-state index in [1.165, 1.54) is 72.0 Å². The molecular weight excluding hydrogens is 629 g/mol. The highest BCUT2D eigenvalue weighted by Crippen LogP contribution is 2.45. The molecule has 2 heteroatoms. The van der Waals surface area contributed by atoms with E-state index in [0.29, 0.717) is 0 Å². The lowest BCUT2D eigenvalue weighted by atomic mass is 9.99. The third kappa shape index (κ3) is 5.55. The van der Waals surface area contributed by atoms with Gasteiger partial charge in [0.05, 0.1) is 22.4 Å². The van der Waals surface area contributed by atoms with Gasteiger partial charge in [0.2, 0.25) is 0 Å². The van der Waals surface area contributed by atoms with Gasteiger partial charge in [0.1, 0.15) is 0 Å². The van der Waals surface area contributed by atoms with Gasteiger partial charge in [-0.2, -0.15) is 0 Å². The molecule has 248 valence electrons. The molecule has 9 rings (SSSR count). The van der Waals surface area contributed by atoms with Crippen LogP contribution in [-0.4, -0.2) is 4.57 Å². The fourth-order valence-corrected chi connectivity index (χ4v) is 7.64. The summed E-state index contributed by atoms with van der Waals surface area (Å²) in [4.78, 5) is 2.42. The highest BCUT2D eigenvalue weighted by molar-refractivity contribution is 6.17. The Labute approximate surface area is 305 Å². The molecule has 0 saturated carbocycles. The van der Waals surface area contributed by atoms with Gasteiger partial charge in [-0.3, -0.25) is 0 Å². The summed E-state index contributed by atoms with van der Waals surface area (Å²) < 4.78 is 2.48. The summed E-state index contributed by atoms with van der Waals surface area (Å²) in [6, 6.07) is 70.3. The van der Waals surface area contributed by atoms with Gasteiger partial charge in [-0.05, 0) is 89.7 Å². The summed E-state index contributed by atoms with van der Waals surface area (Å²) in [5.41, 5.74) is 16.6. The zero-order chi connectivity index (χ0) is 35.0. The smallest absolute Gasteiger partial charge is 0.0569 e. The van der Waals surface area contributed by atoms with E-state index >= 15 is 0 Å². The second-order valence-electron chi connectivity index (χ2n) is 13.5. The Bertz CT molecular complexity index is 2570. The number of hydrogen-bond acceptors (Lipinski definition) is 1. The molecule has 2 nitrogen and oxygen atoms in total.